The quantitative estimate of drug-likeness (QED) is 0.278. The molecule has 12 nitrogen and oxygen atoms in total. The van der Waals surface area contributed by atoms with Crippen molar-refractivity contribution < 1.29 is 58.4 Å². The Morgan fingerprint density at radius 1 is 0.959 bits per heavy atom. The summed E-state index contributed by atoms with van der Waals surface area (Å²) in [6.45, 7) is 11.4. The van der Waals surface area contributed by atoms with E-state index in [9.17, 15) is 30.0 Å². The lowest BCUT2D eigenvalue weighted by molar-refractivity contribution is -0.277. The molecule has 5 rings (SSSR count). The maximum atomic E-state index is 13.0. The molecule has 0 spiro atoms. The predicted octanol–water partition coefficient (Wildman–Crippen LogP) is 4.23. The number of hydrogen-bond donors (Lipinski definition) is 4. The smallest absolute Gasteiger partial charge is 0.338 e. The molecule has 2 aliphatic carbocycles. The van der Waals surface area contributed by atoms with Crippen molar-refractivity contribution in [1.29, 1.82) is 0 Å². The van der Waals surface area contributed by atoms with E-state index < -0.39 is 43.3 Å². The van der Waals surface area contributed by atoms with Gasteiger partial charge in [0.1, 0.15) is 42.9 Å². The summed E-state index contributed by atoms with van der Waals surface area (Å²) in [4.78, 5) is 24.9. The van der Waals surface area contributed by atoms with Crippen LogP contribution in [0, 0.1) is 11.3 Å². The van der Waals surface area contributed by atoms with Crippen LogP contribution in [0.25, 0.3) is 6.08 Å². The number of phenols is 1. The number of esters is 2. The zero-order valence-corrected chi connectivity index (χ0v) is 29.3. The fraction of sp³-hybridized carbons (Fsp3) is 0.568. The number of hydrogen-bond acceptors (Lipinski definition) is 12. The van der Waals surface area contributed by atoms with Crippen LogP contribution < -0.4 is 14.2 Å². The number of aliphatic hydroxyl groups is 3. The van der Waals surface area contributed by atoms with Crippen molar-refractivity contribution in [2.24, 2.45) is 11.3 Å². The minimum atomic E-state index is -1.67. The zero-order chi connectivity index (χ0) is 36.0. The number of phenolic OH excluding ortho intramolecular Hbond substituents is 1. The Morgan fingerprint density at radius 2 is 1.61 bits per heavy atom. The molecule has 1 saturated heterocycles. The maximum Gasteiger partial charge on any atom is 0.338 e. The monoisotopic (exact) mass is 684 g/mol. The van der Waals surface area contributed by atoms with Crippen LogP contribution in [-0.2, 0) is 24.4 Å². The summed E-state index contributed by atoms with van der Waals surface area (Å²) in [7, 11) is 2.64. The second kappa shape index (κ2) is 13.8. The molecular weight excluding hydrogens is 636 g/mol. The van der Waals surface area contributed by atoms with Crippen molar-refractivity contribution in [3.8, 4) is 23.0 Å². The minimum Gasteiger partial charge on any atom is -0.502 e. The summed E-state index contributed by atoms with van der Waals surface area (Å²) >= 11 is 0. The molecule has 12 heteroatoms. The Kier molecular flexibility index (Phi) is 10.3. The van der Waals surface area contributed by atoms with Gasteiger partial charge in [0.2, 0.25) is 12.0 Å². The lowest BCUT2D eigenvalue weighted by atomic mass is 9.51. The van der Waals surface area contributed by atoms with Gasteiger partial charge in [-0.1, -0.05) is 46.8 Å². The molecule has 0 radical (unpaired) electrons. The first-order valence-corrected chi connectivity index (χ1v) is 16.6. The Morgan fingerprint density at radius 3 is 2.20 bits per heavy atom. The molecule has 2 fully saturated rings. The molecule has 3 aliphatic rings. The highest BCUT2D eigenvalue weighted by Crippen LogP contribution is 2.57. The van der Waals surface area contributed by atoms with Crippen LogP contribution in [0.2, 0.25) is 0 Å². The molecule has 0 bridgehead atoms. The average molecular weight is 685 g/mol. The van der Waals surface area contributed by atoms with E-state index in [0.717, 1.165) is 23.1 Å². The normalized spacial score (nSPS) is 30.2. The van der Waals surface area contributed by atoms with Gasteiger partial charge >= 0.3 is 11.9 Å². The number of carbonyl (C=O) groups excluding carboxylic acids is 2. The second-order valence-corrected chi connectivity index (χ2v) is 14.3. The molecule has 8 atom stereocenters. The first kappa shape index (κ1) is 36.4. The van der Waals surface area contributed by atoms with Gasteiger partial charge in [-0.2, -0.15) is 0 Å². The summed E-state index contributed by atoms with van der Waals surface area (Å²) in [6, 6.07) is 6.59. The van der Waals surface area contributed by atoms with Gasteiger partial charge in [0.05, 0.1) is 19.8 Å². The molecule has 49 heavy (non-hydrogen) atoms. The molecule has 1 heterocycles. The average Bonchev–Trinajstić information content (AvgIpc) is 3.05. The van der Waals surface area contributed by atoms with E-state index in [1.54, 1.807) is 0 Å². The third-order valence-corrected chi connectivity index (χ3v) is 10.4. The van der Waals surface area contributed by atoms with Crippen molar-refractivity contribution in [2.75, 3.05) is 20.8 Å². The van der Waals surface area contributed by atoms with Gasteiger partial charge < -0.3 is 48.8 Å². The van der Waals surface area contributed by atoms with Gasteiger partial charge in [-0.05, 0) is 65.6 Å². The third kappa shape index (κ3) is 6.71. The second-order valence-electron chi connectivity index (χ2n) is 14.3. The largest absolute Gasteiger partial charge is 0.502 e. The predicted molar refractivity (Wildman–Crippen MR) is 178 cm³/mol. The standard InChI is InChI=1S/C37H48O12/c1-18(2)22-13-20-9-10-28-36(4,5)29(47-19(3)38)11-12-37(28,6)23(20)16-24(22)48-35-33(42)32(41)31(40)27(49-35)17-46-34(43)21-14-25(44-7)30(39)26(15-21)45-8/h9-10,13-16,18,27-29,31-33,35,39-42H,11-12,17H2,1-8H3/t27-,28+,29+,31-,32+,33-,35-,37-/m1/s1. The third-order valence-electron chi connectivity index (χ3n) is 10.4. The molecule has 1 saturated carbocycles. The number of allylic oxidation sites excluding steroid dienone is 1. The summed E-state index contributed by atoms with van der Waals surface area (Å²) in [5, 5.41) is 42.8. The molecule has 2 aromatic carbocycles. The zero-order valence-electron chi connectivity index (χ0n) is 29.3. The van der Waals surface area contributed by atoms with E-state index in [-0.39, 0.29) is 57.6 Å². The number of benzene rings is 2. The number of carbonyl (C=O) groups is 2. The summed E-state index contributed by atoms with van der Waals surface area (Å²) < 4.78 is 33.7. The number of fused-ring (bicyclic) bond motifs is 3. The number of rotatable bonds is 9. The van der Waals surface area contributed by atoms with Gasteiger partial charge in [-0.3, -0.25) is 4.79 Å². The highest BCUT2D eigenvalue weighted by atomic mass is 16.7. The van der Waals surface area contributed by atoms with Crippen molar-refractivity contribution in [1.82, 2.24) is 0 Å². The van der Waals surface area contributed by atoms with Gasteiger partial charge in [0, 0.05) is 17.8 Å². The van der Waals surface area contributed by atoms with E-state index in [0.29, 0.717) is 12.2 Å². The van der Waals surface area contributed by atoms with Crippen LogP contribution in [0.15, 0.2) is 30.3 Å². The van der Waals surface area contributed by atoms with Gasteiger partial charge in [-0.15, -0.1) is 0 Å². The number of ether oxygens (including phenoxy) is 6. The summed E-state index contributed by atoms with van der Waals surface area (Å²) in [5.74, 6) is -0.907. The van der Waals surface area contributed by atoms with Crippen molar-refractivity contribution in [3.05, 3.63) is 52.6 Å². The van der Waals surface area contributed by atoms with Crippen LogP contribution in [0.1, 0.15) is 87.4 Å². The van der Waals surface area contributed by atoms with E-state index >= 15 is 0 Å². The first-order chi connectivity index (χ1) is 23.0. The minimum absolute atomic E-state index is 0.00469. The Balaban J connectivity index is 1.40. The molecular formula is C37H48O12. The van der Waals surface area contributed by atoms with Crippen molar-refractivity contribution >= 4 is 18.0 Å². The Labute approximate surface area is 286 Å². The Hall–Kier alpha value is -3.84. The molecule has 0 amide bonds. The molecule has 268 valence electrons. The van der Waals surface area contributed by atoms with Crippen LogP contribution in [0.3, 0.4) is 0 Å². The van der Waals surface area contributed by atoms with E-state index in [1.165, 1.54) is 33.3 Å². The molecule has 0 unspecified atom stereocenters. The number of methoxy groups -OCH3 is 2. The van der Waals surface area contributed by atoms with E-state index in [1.807, 2.05) is 19.9 Å². The van der Waals surface area contributed by atoms with Gasteiger partial charge in [-0.25, -0.2) is 4.79 Å². The molecule has 1 aliphatic heterocycles. The van der Waals surface area contributed by atoms with Crippen molar-refractivity contribution in [2.45, 2.75) is 103 Å². The number of aromatic hydroxyl groups is 1. The molecule has 0 aromatic heterocycles. The van der Waals surface area contributed by atoms with Gasteiger partial charge in [0.25, 0.3) is 0 Å². The SMILES string of the molecule is COc1cc(C(=O)OC[C@H]2O[C@@H](Oc3cc4c(cc3C(C)C)C=C[C@H]3C(C)(C)[C@@H](OC(C)=O)CC[C@]43C)[C@H](O)[C@@H](O)[C@@H]2O)cc(OC)c1O. The maximum absolute atomic E-state index is 13.0. The Bertz CT molecular complexity index is 1570. The van der Waals surface area contributed by atoms with Crippen LogP contribution in [0.5, 0.6) is 23.0 Å². The fourth-order valence-electron chi connectivity index (χ4n) is 7.68. The summed E-state index contributed by atoms with van der Waals surface area (Å²) in [6.07, 6.45) is -2.02. The molecule has 2 aromatic rings. The number of aliphatic hydroxyl groups excluding tert-OH is 3. The first-order valence-electron chi connectivity index (χ1n) is 16.6. The van der Waals surface area contributed by atoms with Gasteiger partial charge in [0.15, 0.2) is 11.5 Å². The van der Waals surface area contributed by atoms with Crippen LogP contribution in [-0.4, -0.2) is 90.0 Å². The summed E-state index contributed by atoms with van der Waals surface area (Å²) in [5.41, 5.74) is 2.28. The van der Waals surface area contributed by atoms with E-state index in [4.69, 9.17) is 28.4 Å². The molecule has 4 N–H and O–H groups in total. The lowest BCUT2D eigenvalue weighted by Crippen LogP contribution is -2.60. The fourth-order valence-corrected chi connectivity index (χ4v) is 7.68. The van der Waals surface area contributed by atoms with E-state index in [2.05, 4.69) is 39.0 Å². The topological polar surface area (TPSA) is 170 Å². The van der Waals surface area contributed by atoms with Crippen LogP contribution >= 0.6 is 0 Å². The lowest BCUT2D eigenvalue weighted by Gasteiger charge is -2.55. The highest BCUT2D eigenvalue weighted by molar-refractivity contribution is 5.91. The van der Waals surface area contributed by atoms with Crippen molar-refractivity contribution in [3.63, 3.8) is 0 Å². The highest BCUT2D eigenvalue weighted by Gasteiger charge is 2.54. The van der Waals surface area contributed by atoms with Crippen LogP contribution in [0.4, 0.5) is 0 Å².